The summed E-state index contributed by atoms with van der Waals surface area (Å²) in [5.74, 6) is -0.552. The molecule has 1 fully saturated rings. The van der Waals surface area contributed by atoms with Crippen molar-refractivity contribution < 1.29 is 14.8 Å². The molecule has 0 bridgehead atoms. The van der Waals surface area contributed by atoms with E-state index < -0.39 is 0 Å². The Hall–Kier alpha value is -1.46. The van der Waals surface area contributed by atoms with Gasteiger partial charge < -0.3 is 9.84 Å². The van der Waals surface area contributed by atoms with E-state index in [4.69, 9.17) is 4.74 Å². The maximum Gasteiger partial charge on any atom is 0.211 e. The zero-order valence-corrected chi connectivity index (χ0v) is 13.1. The highest BCUT2D eigenvalue weighted by Crippen LogP contribution is 2.34. The third kappa shape index (κ3) is 4.27. The minimum Gasteiger partial charge on any atom is -0.396 e. The Kier molecular flexibility index (Phi) is 6.34. The van der Waals surface area contributed by atoms with Crippen molar-refractivity contribution in [3.8, 4) is 0 Å². The number of aliphatic hydroxyl groups is 1. The molecule has 1 saturated heterocycles. The quantitative estimate of drug-likeness (QED) is 0.621. The lowest BCUT2D eigenvalue weighted by Gasteiger charge is -2.37. The van der Waals surface area contributed by atoms with E-state index in [2.05, 4.69) is 6.92 Å². The summed E-state index contributed by atoms with van der Waals surface area (Å²) in [7, 11) is 0. The van der Waals surface area contributed by atoms with Gasteiger partial charge in [-0.15, -0.1) is 0 Å². The average Bonchev–Trinajstić information content (AvgIpc) is 2.55. The van der Waals surface area contributed by atoms with Crippen LogP contribution in [0.3, 0.4) is 0 Å². The van der Waals surface area contributed by atoms with E-state index >= 15 is 0 Å². The van der Waals surface area contributed by atoms with Gasteiger partial charge in [-0.2, -0.15) is 0 Å². The largest absolute Gasteiger partial charge is 0.396 e. The van der Waals surface area contributed by atoms with Crippen molar-refractivity contribution in [1.29, 1.82) is 0 Å². The van der Waals surface area contributed by atoms with Gasteiger partial charge in [0.05, 0.1) is 18.1 Å². The molecule has 0 unspecified atom stereocenters. The fourth-order valence-electron chi connectivity index (χ4n) is 3.40. The van der Waals surface area contributed by atoms with E-state index in [0.29, 0.717) is 0 Å². The van der Waals surface area contributed by atoms with Gasteiger partial charge in [0.2, 0.25) is 6.54 Å². The summed E-state index contributed by atoms with van der Waals surface area (Å²) < 4.78 is 6.09. The Labute approximate surface area is 131 Å². The van der Waals surface area contributed by atoms with Gasteiger partial charge in [-0.1, -0.05) is 37.3 Å². The molecule has 0 spiro atoms. The van der Waals surface area contributed by atoms with Crippen LogP contribution in [-0.2, 0) is 4.74 Å². The van der Waals surface area contributed by atoms with Crippen LogP contribution in [0.15, 0.2) is 30.3 Å². The van der Waals surface area contributed by atoms with Crippen LogP contribution in [0.5, 0.6) is 0 Å². The molecule has 0 radical (unpaired) electrons. The Morgan fingerprint density at radius 1 is 1.36 bits per heavy atom. The second-order valence-corrected chi connectivity index (χ2v) is 6.01. The average molecular weight is 307 g/mol. The molecule has 2 rings (SSSR count). The first-order chi connectivity index (χ1) is 10.7. The van der Waals surface area contributed by atoms with E-state index in [1.807, 2.05) is 30.3 Å². The lowest BCUT2D eigenvalue weighted by atomic mass is 9.80. The van der Waals surface area contributed by atoms with Crippen LogP contribution < -0.4 is 0 Å². The molecule has 1 heterocycles. The SMILES string of the molecule is CC[C@H]1CCC[C@@H]([C@@H](CO)[C@H](C[N+](=O)[O-])c2ccccc2)O1. The minimum atomic E-state index is -0.318. The van der Waals surface area contributed by atoms with Gasteiger partial charge in [-0.05, 0) is 31.2 Å². The van der Waals surface area contributed by atoms with Crippen LogP contribution in [0.1, 0.15) is 44.1 Å². The van der Waals surface area contributed by atoms with Crippen molar-refractivity contribution in [3.63, 3.8) is 0 Å². The zero-order chi connectivity index (χ0) is 15.9. The molecule has 1 aromatic carbocycles. The topological polar surface area (TPSA) is 72.6 Å². The number of nitrogens with zero attached hydrogens (tertiary/aromatic N) is 1. The van der Waals surface area contributed by atoms with Gasteiger partial charge in [0.1, 0.15) is 0 Å². The predicted molar refractivity (Wildman–Crippen MR) is 84.4 cm³/mol. The molecule has 5 nitrogen and oxygen atoms in total. The van der Waals surface area contributed by atoms with Gasteiger partial charge in [-0.3, -0.25) is 10.1 Å². The number of hydrogen-bond acceptors (Lipinski definition) is 4. The van der Waals surface area contributed by atoms with Crippen molar-refractivity contribution in [2.75, 3.05) is 13.2 Å². The standard InChI is InChI=1S/C17H25NO4/c1-2-14-9-6-10-17(22-14)16(12-19)15(11-18(20)21)13-7-4-3-5-8-13/h3-5,7-8,14-17,19H,2,6,9-12H2,1H3/t14-,15+,16-,17-/m0/s1. The molecule has 0 amide bonds. The summed E-state index contributed by atoms with van der Waals surface area (Å²) in [5, 5.41) is 21.0. The maximum atomic E-state index is 11.1. The Morgan fingerprint density at radius 2 is 2.09 bits per heavy atom. The molecule has 4 atom stereocenters. The lowest BCUT2D eigenvalue weighted by Crippen LogP contribution is -2.39. The molecule has 1 aliphatic rings. The highest BCUT2D eigenvalue weighted by atomic mass is 16.6. The van der Waals surface area contributed by atoms with Crippen LogP contribution >= 0.6 is 0 Å². The van der Waals surface area contributed by atoms with Crippen LogP contribution in [-0.4, -0.2) is 35.4 Å². The molecule has 122 valence electrons. The first-order valence-electron chi connectivity index (χ1n) is 8.08. The van der Waals surface area contributed by atoms with Crippen molar-refractivity contribution in [2.24, 2.45) is 5.92 Å². The first kappa shape index (κ1) is 16.9. The van der Waals surface area contributed by atoms with E-state index in [0.717, 1.165) is 31.2 Å². The van der Waals surface area contributed by atoms with E-state index in [1.165, 1.54) is 0 Å². The Bertz CT molecular complexity index is 465. The molecule has 1 aromatic rings. The Balaban J connectivity index is 2.21. The molecule has 1 aliphatic heterocycles. The molecule has 0 aromatic heterocycles. The predicted octanol–water partition coefficient (Wildman–Crippen LogP) is 3.00. The zero-order valence-electron chi connectivity index (χ0n) is 13.1. The van der Waals surface area contributed by atoms with E-state index in [1.54, 1.807) is 0 Å². The van der Waals surface area contributed by atoms with Crippen molar-refractivity contribution in [3.05, 3.63) is 46.0 Å². The third-order valence-electron chi connectivity index (χ3n) is 4.62. The van der Waals surface area contributed by atoms with Gasteiger partial charge in [-0.25, -0.2) is 0 Å². The van der Waals surface area contributed by atoms with Crippen LogP contribution in [0.2, 0.25) is 0 Å². The number of ether oxygens (including phenoxy) is 1. The molecule has 0 saturated carbocycles. The number of hydrogen-bond donors (Lipinski definition) is 1. The van der Waals surface area contributed by atoms with E-state index in [9.17, 15) is 15.2 Å². The van der Waals surface area contributed by atoms with E-state index in [-0.39, 0.29) is 42.1 Å². The fourth-order valence-corrected chi connectivity index (χ4v) is 3.40. The van der Waals surface area contributed by atoms with Gasteiger partial charge in [0.15, 0.2) is 0 Å². The minimum absolute atomic E-state index is 0.0888. The second-order valence-electron chi connectivity index (χ2n) is 6.01. The molecule has 0 aliphatic carbocycles. The summed E-state index contributed by atoms with van der Waals surface area (Å²) >= 11 is 0. The molecular formula is C17H25NO4. The summed E-state index contributed by atoms with van der Waals surface area (Å²) in [5.41, 5.74) is 0.903. The fraction of sp³-hybridized carbons (Fsp3) is 0.647. The van der Waals surface area contributed by atoms with Crippen LogP contribution in [0.4, 0.5) is 0 Å². The number of rotatable bonds is 7. The van der Waals surface area contributed by atoms with Crippen LogP contribution in [0.25, 0.3) is 0 Å². The summed E-state index contributed by atoms with van der Waals surface area (Å²) in [4.78, 5) is 10.8. The highest BCUT2D eigenvalue weighted by Gasteiger charge is 2.36. The van der Waals surface area contributed by atoms with Crippen molar-refractivity contribution in [1.82, 2.24) is 0 Å². The van der Waals surface area contributed by atoms with Gasteiger partial charge >= 0.3 is 0 Å². The molecule has 5 heteroatoms. The van der Waals surface area contributed by atoms with Gasteiger partial charge in [0, 0.05) is 17.4 Å². The summed E-state index contributed by atoms with van der Waals surface area (Å²) in [6.07, 6.45) is 4.01. The summed E-state index contributed by atoms with van der Waals surface area (Å²) in [6, 6.07) is 9.46. The number of benzene rings is 1. The Morgan fingerprint density at radius 3 is 2.68 bits per heavy atom. The van der Waals surface area contributed by atoms with Crippen LogP contribution in [0, 0.1) is 16.0 Å². The third-order valence-corrected chi connectivity index (χ3v) is 4.62. The van der Waals surface area contributed by atoms with Gasteiger partial charge in [0.25, 0.3) is 0 Å². The smallest absolute Gasteiger partial charge is 0.211 e. The highest BCUT2D eigenvalue weighted by molar-refractivity contribution is 5.21. The molecular weight excluding hydrogens is 282 g/mol. The maximum absolute atomic E-state index is 11.1. The molecule has 22 heavy (non-hydrogen) atoms. The monoisotopic (exact) mass is 307 g/mol. The lowest BCUT2D eigenvalue weighted by molar-refractivity contribution is -0.485. The summed E-state index contributed by atoms with van der Waals surface area (Å²) in [6.45, 7) is 1.83. The second kappa shape index (κ2) is 8.25. The number of nitro groups is 1. The normalized spacial score (nSPS) is 24.6. The number of aliphatic hydroxyl groups excluding tert-OH is 1. The van der Waals surface area contributed by atoms with Crippen molar-refractivity contribution >= 4 is 0 Å². The van der Waals surface area contributed by atoms with Crippen molar-refractivity contribution in [2.45, 2.75) is 50.7 Å². The molecule has 1 N–H and O–H groups in total. The first-order valence-corrected chi connectivity index (χ1v) is 8.08.